The maximum atomic E-state index is 13.0. The Labute approximate surface area is 184 Å². The monoisotopic (exact) mass is 465 g/mol. The predicted molar refractivity (Wildman–Crippen MR) is 113 cm³/mol. The van der Waals surface area contributed by atoms with Gasteiger partial charge in [0.15, 0.2) is 0 Å². The normalized spacial score (nSPS) is 12.2. The molecule has 11 heteroatoms. The first-order valence-electron chi connectivity index (χ1n) is 9.32. The van der Waals surface area contributed by atoms with Crippen LogP contribution in [-0.4, -0.2) is 21.7 Å². The Hall–Kier alpha value is -3.60. The molecule has 0 aliphatic carbocycles. The number of thiophene rings is 1. The summed E-state index contributed by atoms with van der Waals surface area (Å²) < 4.78 is 40.4. The molecule has 0 bridgehead atoms. The number of amides is 2. The van der Waals surface area contributed by atoms with Crippen LogP contribution in [0.3, 0.4) is 0 Å². The van der Waals surface area contributed by atoms with Gasteiger partial charge in [-0.3, -0.25) is 9.59 Å². The minimum atomic E-state index is -4.62. The van der Waals surface area contributed by atoms with Crippen molar-refractivity contribution < 1.29 is 27.9 Å². The maximum Gasteiger partial charge on any atom is 0.416 e. The lowest BCUT2D eigenvalue weighted by atomic mass is 10.0. The summed E-state index contributed by atoms with van der Waals surface area (Å²) in [6.45, 7) is 0.305. The number of carboxylic acid groups (broad SMARTS) is 1. The number of pyridine rings is 1. The standard InChI is InChI=1S/C21H18F3N3O4S/c22-21(23,24)14-5-1-4-13(10-14)17(11-18(28)29)26-20(31)25-16-7-2-8-27(19(16)30)12-15-6-3-9-32-15/h1-10,17H,11-12H2,(H,28,29)(H2,25,26,31). The Morgan fingerprint density at radius 2 is 1.91 bits per heavy atom. The van der Waals surface area contributed by atoms with Gasteiger partial charge in [0, 0.05) is 11.1 Å². The molecule has 1 unspecified atom stereocenters. The minimum absolute atomic E-state index is 0.0273. The second-order valence-electron chi connectivity index (χ2n) is 6.81. The average molecular weight is 465 g/mol. The molecule has 2 amide bonds. The van der Waals surface area contributed by atoms with Gasteiger partial charge in [-0.15, -0.1) is 11.3 Å². The van der Waals surface area contributed by atoms with Crippen molar-refractivity contribution in [2.24, 2.45) is 0 Å². The van der Waals surface area contributed by atoms with Gasteiger partial charge in [-0.2, -0.15) is 13.2 Å². The Bertz CT molecular complexity index is 1160. The zero-order valence-corrected chi connectivity index (χ0v) is 17.2. The van der Waals surface area contributed by atoms with Crippen LogP contribution in [0.5, 0.6) is 0 Å². The van der Waals surface area contributed by atoms with Crippen molar-refractivity contribution >= 4 is 29.0 Å². The second-order valence-corrected chi connectivity index (χ2v) is 7.84. The van der Waals surface area contributed by atoms with E-state index >= 15 is 0 Å². The van der Waals surface area contributed by atoms with E-state index in [1.165, 1.54) is 28.0 Å². The zero-order chi connectivity index (χ0) is 23.3. The summed E-state index contributed by atoms with van der Waals surface area (Å²) in [4.78, 5) is 37.2. The molecule has 0 fully saturated rings. The highest BCUT2D eigenvalue weighted by Crippen LogP contribution is 2.31. The molecule has 32 heavy (non-hydrogen) atoms. The van der Waals surface area contributed by atoms with E-state index in [2.05, 4.69) is 10.6 Å². The molecule has 0 saturated carbocycles. The SMILES string of the molecule is O=C(O)CC(NC(=O)Nc1cccn(Cc2cccs2)c1=O)c1cccc(C(F)(F)F)c1. The topological polar surface area (TPSA) is 100 Å². The third-order valence-electron chi connectivity index (χ3n) is 4.48. The van der Waals surface area contributed by atoms with E-state index in [-0.39, 0.29) is 11.3 Å². The fraction of sp³-hybridized carbons (Fsp3) is 0.190. The third-order valence-corrected chi connectivity index (χ3v) is 5.34. The number of benzene rings is 1. The zero-order valence-electron chi connectivity index (χ0n) is 16.4. The molecule has 0 spiro atoms. The summed E-state index contributed by atoms with van der Waals surface area (Å²) >= 11 is 1.47. The molecule has 3 aromatic rings. The van der Waals surface area contributed by atoms with Gasteiger partial charge in [0.05, 0.1) is 24.6 Å². The summed E-state index contributed by atoms with van der Waals surface area (Å²) in [5, 5.41) is 15.7. The van der Waals surface area contributed by atoms with Gasteiger partial charge in [-0.05, 0) is 41.3 Å². The van der Waals surface area contributed by atoms with Crippen LogP contribution in [-0.2, 0) is 17.5 Å². The van der Waals surface area contributed by atoms with E-state index < -0.39 is 41.8 Å². The van der Waals surface area contributed by atoms with Crippen LogP contribution < -0.4 is 16.2 Å². The first-order valence-corrected chi connectivity index (χ1v) is 10.2. The molecule has 1 aromatic carbocycles. The molecule has 1 atom stereocenters. The van der Waals surface area contributed by atoms with E-state index in [9.17, 15) is 27.6 Å². The molecule has 2 heterocycles. The van der Waals surface area contributed by atoms with Gasteiger partial charge in [0.25, 0.3) is 5.56 Å². The lowest BCUT2D eigenvalue weighted by Crippen LogP contribution is -2.36. The number of aromatic nitrogens is 1. The third kappa shape index (κ3) is 5.97. The summed E-state index contributed by atoms with van der Waals surface area (Å²) in [5.41, 5.74) is -1.53. The van der Waals surface area contributed by atoms with Crippen molar-refractivity contribution in [1.82, 2.24) is 9.88 Å². The number of aliphatic carboxylic acids is 1. The number of carbonyl (C=O) groups excluding carboxylic acids is 1. The number of urea groups is 1. The Morgan fingerprint density at radius 3 is 2.56 bits per heavy atom. The number of nitrogens with one attached hydrogen (secondary N) is 2. The molecule has 0 aliphatic rings. The number of hydrogen-bond donors (Lipinski definition) is 3. The predicted octanol–water partition coefficient (Wildman–Crippen LogP) is 4.31. The number of carboxylic acids is 1. The van der Waals surface area contributed by atoms with Crippen molar-refractivity contribution in [2.75, 3.05) is 5.32 Å². The number of anilines is 1. The van der Waals surface area contributed by atoms with Crippen LogP contribution in [0.2, 0.25) is 0 Å². The molecule has 0 saturated heterocycles. The van der Waals surface area contributed by atoms with E-state index in [0.717, 1.165) is 23.1 Å². The van der Waals surface area contributed by atoms with Crippen LogP contribution >= 0.6 is 11.3 Å². The number of alkyl halides is 3. The number of carbonyl (C=O) groups is 2. The molecular weight excluding hydrogens is 447 g/mol. The molecule has 0 aliphatic heterocycles. The van der Waals surface area contributed by atoms with E-state index in [1.807, 2.05) is 17.5 Å². The largest absolute Gasteiger partial charge is 0.481 e. The van der Waals surface area contributed by atoms with Gasteiger partial charge >= 0.3 is 18.2 Å². The van der Waals surface area contributed by atoms with Gasteiger partial charge in [0.1, 0.15) is 5.69 Å². The average Bonchev–Trinajstić information content (AvgIpc) is 3.23. The Balaban J connectivity index is 1.78. The summed E-state index contributed by atoms with van der Waals surface area (Å²) in [7, 11) is 0. The number of rotatable bonds is 7. The maximum absolute atomic E-state index is 13.0. The van der Waals surface area contributed by atoms with Gasteiger partial charge < -0.3 is 20.3 Å². The fourth-order valence-corrected chi connectivity index (χ4v) is 3.70. The summed E-state index contributed by atoms with van der Waals surface area (Å²) in [6.07, 6.45) is -3.71. The van der Waals surface area contributed by atoms with Gasteiger partial charge in [-0.1, -0.05) is 18.2 Å². The van der Waals surface area contributed by atoms with Crippen LogP contribution in [0.1, 0.15) is 28.5 Å². The summed E-state index contributed by atoms with van der Waals surface area (Å²) in [6, 6.07) is 8.53. The number of hydrogen-bond acceptors (Lipinski definition) is 4. The van der Waals surface area contributed by atoms with Crippen molar-refractivity contribution in [2.45, 2.75) is 25.2 Å². The van der Waals surface area contributed by atoms with Crippen LogP contribution in [0.15, 0.2) is 64.9 Å². The highest BCUT2D eigenvalue weighted by molar-refractivity contribution is 7.09. The first kappa shape index (κ1) is 23.1. The van der Waals surface area contributed by atoms with Crippen LogP contribution in [0, 0.1) is 0 Å². The molecule has 2 aromatic heterocycles. The van der Waals surface area contributed by atoms with Crippen molar-refractivity contribution in [3.05, 3.63) is 86.5 Å². The first-order chi connectivity index (χ1) is 15.1. The molecular formula is C21H18F3N3O4S. The molecule has 168 valence electrons. The Morgan fingerprint density at radius 1 is 1.12 bits per heavy atom. The molecule has 0 radical (unpaired) electrons. The fourth-order valence-electron chi connectivity index (χ4n) is 3.00. The number of nitrogens with zero attached hydrogens (tertiary/aromatic N) is 1. The second kappa shape index (κ2) is 9.69. The molecule has 3 N–H and O–H groups in total. The van der Waals surface area contributed by atoms with Gasteiger partial charge in [-0.25, -0.2) is 4.79 Å². The van der Waals surface area contributed by atoms with Gasteiger partial charge in [0.2, 0.25) is 0 Å². The molecule has 3 rings (SSSR count). The van der Waals surface area contributed by atoms with E-state index in [1.54, 1.807) is 12.3 Å². The highest BCUT2D eigenvalue weighted by Gasteiger charge is 2.31. The highest BCUT2D eigenvalue weighted by atomic mass is 32.1. The van der Waals surface area contributed by atoms with E-state index in [0.29, 0.717) is 6.54 Å². The summed E-state index contributed by atoms with van der Waals surface area (Å²) in [5.74, 6) is -1.31. The van der Waals surface area contributed by atoms with Crippen molar-refractivity contribution in [3.8, 4) is 0 Å². The lowest BCUT2D eigenvalue weighted by Gasteiger charge is -2.19. The van der Waals surface area contributed by atoms with E-state index in [4.69, 9.17) is 5.11 Å². The van der Waals surface area contributed by atoms with Crippen molar-refractivity contribution in [1.29, 1.82) is 0 Å². The number of halogens is 3. The quantitative estimate of drug-likeness (QED) is 0.484. The molecule has 7 nitrogen and oxygen atoms in total. The smallest absolute Gasteiger partial charge is 0.416 e. The lowest BCUT2D eigenvalue weighted by molar-refractivity contribution is -0.138. The van der Waals surface area contributed by atoms with Crippen molar-refractivity contribution in [3.63, 3.8) is 0 Å². The Kier molecular flexibility index (Phi) is 6.98. The van der Waals surface area contributed by atoms with Crippen LogP contribution in [0.25, 0.3) is 0 Å². The minimum Gasteiger partial charge on any atom is -0.481 e. The van der Waals surface area contributed by atoms with Crippen LogP contribution in [0.4, 0.5) is 23.7 Å².